The Morgan fingerprint density at radius 1 is 0.800 bits per heavy atom. The first-order valence-corrected chi connectivity index (χ1v) is 12.0. The Balaban J connectivity index is 2.04. The molecule has 0 fully saturated rings. The van der Waals surface area contributed by atoms with E-state index in [4.69, 9.17) is 11.1 Å². The van der Waals surface area contributed by atoms with Gasteiger partial charge in [0.05, 0.1) is 43.9 Å². The van der Waals surface area contributed by atoms with Gasteiger partial charge in [0.2, 0.25) is 11.2 Å². The summed E-state index contributed by atoms with van der Waals surface area (Å²) < 4.78 is 3.34. The smallest absolute Gasteiger partial charge is 0.220 e. The van der Waals surface area contributed by atoms with Crippen LogP contribution in [0, 0.1) is 0 Å². The summed E-state index contributed by atoms with van der Waals surface area (Å²) in [5, 5.41) is 10.9. The van der Waals surface area contributed by atoms with Crippen LogP contribution in [-0.4, -0.2) is 31.2 Å². The molecular formula is C27H30N8+2. The molecule has 4 rings (SSSR count). The second kappa shape index (κ2) is 10.5. The molecule has 0 amide bonds. The normalized spacial score (nSPS) is 11.3. The average Bonchev–Trinajstić information content (AvgIpc) is 2.89. The Morgan fingerprint density at radius 2 is 1.43 bits per heavy atom. The topological polar surface area (TPSA) is 101 Å². The van der Waals surface area contributed by atoms with Gasteiger partial charge in [0.25, 0.3) is 0 Å². The minimum atomic E-state index is 0.579. The predicted octanol–water partition coefficient (Wildman–Crippen LogP) is 7.71. The molecular weight excluding hydrogens is 436 g/mol. The molecule has 35 heavy (non-hydrogen) atoms. The van der Waals surface area contributed by atoms with Crippen LogP contribution in [-0.2, 0) is 6.54 Å². The van der Waals surface area contributed by atoms with Gasteiger partial charge >= 0.3 is 0 Å². The van der Waals surface area contributed by atoms with E-state index in [0.29, 0.717) is 11.4 Å². The number of benzene rings is 3. The monoisotopic (exact) mass is 466 g/mol. The van der Waals surface area contributed by atoms with Crippen molar-refractivity contribution in [2.75, 3.05) is 26.7 Å². The summed E-state index contributed by atoms with van der Waals surface area (Å²) in [6.07, 6.45) is 0.991. The Kier molecular flexibility index (Phi) is 7.18. The van der Waals surface area contributed by atoms with Crippen LogP contribution in [0.15, 0.2) is 77.0 Å². The maximum atomic E-state index is 9.04. The fourth-order valence-electron chi connectivity index (χ4n) is 4.72. The van der Waals surface area contributed by atoms with Crippen LogP contribution in [0.5, 0.6) is 0 Å². The largest absolute Gasteiger partial charge is 0.326 e. The molecule has 1 heterocycles. The first-order valence-electron chi connectivity index (χ1n) is 12.0. The molecule has 0 N–H and O–H groups in total. The molecule has 0 radical (unpaired) electrons. The van der Waals surface area contributed by atoms with Crippen LogP contribution in [0.3, 0.4) is 0 Å². The van der Waals surface area contributed by atoms with E-state index in [9.17, 15) is 0 Å². The van der Waals surface area contributed by atoms with E-state index < -0.39 is 0 Å². The molecule has 8 nitrogen and oxygen atoms in total. The molecule has 0 saturated heterocycles. The van der Waals surface area contributed by atoms with Crippen LogP contribution in [0.2, 0.25) is 0 Å². The minimum Gasteiger partial charge on any atom is -0.326 e. The van der Waals surface area contributed by atoms with Crippen LogP contribution < -0.4 is 4.57 Å². The number of pyridine rings is 1. The van der Waals surface area contributed by atoms with E-state index in [1.165, 1.54) is 0 Å². The van der Waals surface area contributed by atoms with Crippen molar-refractivity contribution >= 4 is 33.1 Å². The molecule has 0 aliphatic rings. The van der Waals surface area contributed by atoms with Crippen molar-refractivity contribution in [3.63, 3.8) is 0 Å². The van der Waals surface area contributed by atoms with Gasteiger partial charge in [-0.05, 0) is 49.2 Å². The average molecular weight is 467 g/mol. The highest BCUT2D eigenvalue weighted by Crippen LogP contribution is 2.35. The van der Waals surface area contributed by atoms with E-state index in [1.54, 1.807) is 0 Å². The van der Waals surface area contributed by atoms with Crippen LogP contribution in [0.1, 0.15) is 20.3 Å². The summed E-state index contributed by atoms with van der Waals surface area (Å²) in [6, 6.07) is 21.9. The fraction of sp³-hybridized carbons (Fsp3) is 0.296. The number of hydrogen-bond acceptors (Lipinski definition) is 2. The molecule has 0 atom stereocenters. The highest BCUT2D eigenvalue weighted by Gasteiger charge is 2.25. The van der Waals surface area contributed by atoms with Gasteiger partial charge in [0.1, 0.15) is 0 Å². The molecule has 0 aliphatic carbocycles. The number of aryl methyl sites for hydroxylation is 1. The van der Waals surface area contributed by atoms with E-state index in [0.717, 1.165) is 70.0 Å². The van der Waals surface area contributed by atoms with Crippen molar-refractivity contribution in [3.05, 3.63) is 87.6 Å². The number of hydrogen-bond donors (Lipinski definition) is 0. The van der Waals surface area contributed by atoms with Gasteiger partial charge in [-0.3, -0.25) is 0 Å². The van der Waals surface area contributed by atoms with Crippen molar-refractivity contribution in [3.8, 4) is 11.3 Å². The zero-order chi connectivity index (χ0) is 24.8. The number of fused-ring (bicyclic) bond motifs is 3. The molecule has 0 bridgehead atoms. The van der Waals surface area contributed by atoms with Crippen LogP contribution in [0.4, 0.5) is 11.4 Å². The third-order valence-electron chi connectivity index (χ3n) is 7.06. The maximum Gasteiger partial charge on any atom is 0.220 e. The first kappa shape index (κ1) is 24.0. The van der Waals surface area contributed by atoms with Gasteiger partial charge in [-0.1, -0.05) is 46.6 Å². The molecule has 0 spiro atoms. The highest BCUT2D eigenvalue weighted by atomic mass is 15.3. The first-order chi connectivity index (χ1) is 17.0. The summed E-state index contributed by atoms with van der Waals surface area (Å²) in [5.74, 6) is 0. The van der Waals surface area contributed by atoms with Crippen LogP contribution >= 0.6 is 0 Å². The number of rotatable bonds is 9. The number of azide groups is 2. The van der Waals surface area contributed by atoms with E-state index >= 15 is 0 Å². The highest BCUT2D eigenvalue weighted by molar-refractivity contribution is 6.10. The van der Waals surface area contributed by atoms with Crippen molar-refractivity contribution in [1.82, 2.24) is 0 Å². The number of nitrogens with zero attached hydrogens (tertiary/aromatic N) is 8. The van der Waals surface area contributed by atoms with Gasteiger partial charge in [-0.15, -0.1) is 0 Å². The predicted molar refractivity (Wildman–Crippen MR) is 141 cm³/mol. The third-order valence-corrected chi connectivity index (χ3v) is 7.06. The zero-order valence-corrected chi connectivity index (χ0v) is 20.5. The van der Waals surface area contributed by atoms with Gasteiger partial charge in [0, 0.05) is 38.2 Å². The summed E-state index contributed by atoms with van der Waals surface area (Å²) in [6.45, 7) is 8.50. The van der Waals surface area contributed by atoms with E-state index in [2.05, 4.69) is 57.6 Å². The molecule has 0 saturated carbocycles. The second-order valence-corrected chi connectivity index (χ2v) is 9.01. The quantitative estimate of drug-likeness (QED) is 0.0602. The number of quaternary nitrogens is 1. The fourth-order valence-corrected chi connectivity index (χ4v) is 4.72. The lowest BCUT2D eigenvalue weighted by molar-refractivity contribution is -0.908. The van der Waals surface area contributed by atoms with Gasteiger partial charge < -0.3 is 4.48 Å². The number of aromatic nitrogens is 1. The molecule has 1 aromatic heterocycles. The van der Waals surface area contributed by atoms with Crippen molar-refractivity contribution in [2.45, 2.75) is 26.8 Å². The Bertz CT molecular complexity index is 1460. The van der Waals surface area contributed by atoms with Crippen molar-refractivity contribution in [1.29, 1.82) is 0 Å². The Morgan fingerprint density at radius 3 is 2.06 bits per heavy atom. The molecule has 3 aromatic carbocycles. The molecule has 0 unspecified atom stereocenters. The summed E-state index contributed by atoms with van der Waals surface area (Å²) in [7, 11) is 2.30. The lowest BCUT2D eigenvalue weighted by Gasteiger charge is -2.31. The lowest BCUT2D eigenvalue weighted by Crippen LogP contribution is -2.46. The zero-order valence-electron chi connectivity index (χ0n) is 20.5. The molecule has 0 aliphatic heterocycles. The lowest BCUT2D eigenvalue weighted by atomic mass is 9.98. The van der Waals surface area contributed by atoms with Crippen molar-refractivity contribution in [2.24, 2.45) is 10.2 Å². The molecule has 8 heteroatoms. The maximum absolute atomic E-state index is 9.04. The van der Waals surface area contributed by atoms with Gasteiger partial charge in [-0.25, -0.2) is 0 Å². The summed E-state index contributed by atoms with van der Waals surface area (Å²) in [5.41, 5.74) is 22.4. The Hall–Kier alpha value is -4.09. The minimum absolute atomic E-state index is 0.579. The standard InChI is InChI=1S/C27H30N8/c1-4-35(3,5-2)17-9-16-34-26-19-22(31-33-29)13-15-24(26)23-14-12-21(30-32-28)18-25(23)27(34)20-10-7-6-8-11-20/h6-8,10-15,18-19H,4-5,9,16-17H2,1-3H3/q+2. The van der Waals surface area contributed by atoms with Gasteiger partial charge in [-0.2, -0.15) is 4.57 Å². The third kappa shape index (κ3) is 4.91. The summed E-state index contributed by atoms with van der Waals surface area (Å²) in [4.78, 5) is 6.00. The second-order valence-electron chi connectivity index (χ2n) is 9.01. The van der Waals surface area contributed by atoms with Crippen LogP contribution in [0.25, 0.3) is 53.8 Å². The Labute approximate surface area is 204 Å². The summed E-state index contributed by atoms with van der Waals surface area (Å²) >= 11 is 0. The SMILES string of the molecule is CC[N+](C)(CC)CCC[n+]1c(-c2ccccc2)c2cc(N=[N+]=[N-])ccc2c2ccc(N=[N+]=[N-])cc21. The van der Waals surface area contributed by atoms with E-state index in [-0.39, 0.29) is 0 Å². The molecule has 4 aromatic rings. The molecule has 176 valence electrons. The van der Waals surface area contributed by atoms with E-state index in [1.807, 2.05) is 54.6 Å². The van der Waals surface area contributed by atoms with Gasteiger partial charge in [0.15, 0.2) is 6.54 Å². The van der Waals surface area contributed by atoms with Crippen molar-refractivity contribution < 1.29 is 9.05 Å².